The molecule has 7 heteroatoms. The highest BCUT2D eigenvalue weighted by Gasteiger charge is 2.10. The highest BCUT2D eigenvalue weighted by atomic mass is 32.2. The number of nitrogens with one attached hydrogen (secondary N) is 1. The van der Waals surface area contributed by atoms with Crippen molar-refractivity contribution in [3.05, 3.63) is 65.7 Å². The van der Waals surface area contributed by atoms with E-state index < -0.39 is 10.0 Å². The first-order chi connectivity index (χ1) is 11.3. The van der Waals surface area contributed by atoms with E-state index in [2.05, 4.69) is 5.32 Å². The van der Waals surface area contributed by atoms with Crippen molar-refractivity contribution in [2.24, 2.45) is 5.14 Å². The molecule has 0 aromatic heterocycles. The molecule has 0 aliphatic carbocycles. The van der Waals surface area contributed by atoms with Crippen molar-refractivity contribution in [1.82, 2.24) is 0 Å². The highest BCUT2D eigenvalue weighted by molar-refractivity contribution is 7.88. The van der Waals surface area contributed by atoms with E-state index in [4.69, 9.17) is 5.14 Å². The summed E-state index contributed by atoms with van der Waals surface area (Å²) in [5, 5.41) is 7.65. The monoisotopic (exact) mass is 346 g/mol. The topological polar surface area (TPSA) is 106 Å². The second-order valence-electron chi connectivity index (χ2n) is 5.34. The van der Waals surface area contributed by atoms with E-state index in [1.807, 2.05) is 6.07 Å². The van der Waals surface area contributed by atoms with Gasteiger partial charge in [-0.3, -0.25) is 9.59 Å². The van der Waals surface area contributed by atoms with Gasteiger partial charge in [-0.2, -0.15) is 0 Å². The molecule has 0 aliphatic rings. The second-order valence-corrected chi connectivity index (χ2v) is 6.96. The van der Waals surface area contributed by atoms with Crippen molar-refractivity contribution < 1.29 is 18.0 Å². The number of carbonyl (C=O) groups is 2. The molecule has 3 N–H and O–H groups in total. The smallest absolute Gasteiger partial charge is 0.224 e. The van der Waals surface area contributed by atoms with Crippen molar-refractivity contribution in [2.75, 3.05) is 5.32 Å². The lowest BCUT2D eigenvalue weighted by molar-refractivity contribution is -0.116. The number of primary sulfonamides is 1. The molecule has 2 rings (SSSR count). The number of benzene rings is 2. The Balaban J connectivity index is 1.91. The first kappa shape index (κ1) is 17.8. The molecule has 2 aromatic carbocycles. The maximum atomic E-state index is 12.0. The fraction of sp³-hybridized carbons (Fsp3) is 0.176. The lowest BCUT2D eigenvalue weighted by Gasteiger charge is -2.07. The van der Waals surface area contributed by atoms with E-state index in [0.717, 1.165) is 0 Å². The first-order valence-corrected chi connectivity index (χ1v) is 9.02. The standard InChI is InChI=1S/C17H18N2O4S/c18-24(22,23)12-13-5-4-8-15(11-13)19-17(21)10-9-16(20)14-6-2-1-3-7-14/h1-8,11H,9-10,12H2,(H,19,21)(H2,18,22,23). The molecule has 0 bridgehead atoms. The van der Waals surface area contributed by atoms with Gasteiger partial charge in [0.25, 0.3) is 0 Å². The minimum absolute atomic E-state index is 0.0488. The van der Waals surface area contributed by atoms with Crippen LogP contribution in [-0.4, -0.2) is 20.1 Å². The molecule has 0 saturated carbocycles. The molecule has 1 amide bonds. The zero-order valence-electron chi connectivity index (χ0n) is 12.9. The van der Waals surface area contributed by atoms with Crippen LogP contribution in [0.5, 0.6) is 0 Å². The molecule has 0 fully saturated rings. The summed E-state index contributed by atoms with van der Waals surface area (Å²) in [6.07, 6.45) is 0.153. The Bertz CT molecular complexity index is 833. The predicted octanol–water partition coefficient (Wildman–Crippen LogP) is 2.08. The minimum atomic E-state index is -3.63. The molecule has 0 atom stereocenters. The van der Waals surface area contributed by atoms with Crippen LogP contribution >= 0.6 is 0 Å². The highest BCUT2D eigenvalue weighted by Crippen LogP contribution is 2.13. The summed E-state index contributed by atoms with van der Waals surface area (Å²) in [4.78, 5) is 23.9. The fourth-order valence-corrected chi connectivity index (χ4v) is 2.83. The SMILES string of the molecule is NS(=O)(=O)Cc1cccc(NC(=O)CCC(=O)c2ccccc2)c1. The van der Waals surface area contributed by atoms with Gasteiger partial charge in [0.15, 0.2) is 5.78 Å². The summed E-state index contributed by atoms with van der Waals surface area (Å²) in [7, 11) is -3.63. The lowest BCUT2D eigenvalue weighted by atomic mass is 10.1. The van der Waals surface area contributed by atoms with Crippen molar-refractivity contribution >= 4 is 27.4 Å². The molecule has 126 valence electrons. The summed E-state index contributed by atoms with van der Waals surface area (Å²) in [5.74, 6) is -0.718. The van der Waals surface area contributed by atoms with Gasteiger partial charge in [-0.15, -0.1) is 0 Å². The van der Waals surface area contributed by atoms with Crippen LogP contribution in [0.3, 0.4) is 0 Å². The number of amides is 1. The van der Waals surface area contributed by atoms with Gasteiger partial charge in [0.05, 0.1) is 5.75 Å². The van der Waals surface area contributed by atoms with Gasteiger partial charge in [-0.25, -0.2) is 13.6 Å². The first-order valence-electron chi connectivity index (χ1n) is 7.31. The van der Waals surface area contributed by atoms with Gasteiger partial charge in [-0.1, -0.05) is 42.5 Å². The van der Waals surface area contributed by atoms with E-state index in [-0.39, 0.29) is 30.3 Å². The lowest BCUT2D eigenvalue weighted by Crippen LogP contribution is -2.15. The van der Waals surface area contributed by atoms with Gasteiger partial charge in [0, 0.05) is 24.1 Å². The molecule has 6 nitrogen and oxygen atoms in total. The molecular formula is C17H18N2O4S. The van der Waals surface area contributed by atoms with Crippen molar-refractivity contribution in [2.45, 2.75) is 18.6 Å². The summed E-state index contributed by atoms with van der Waals surface area (Å²) < 4.78 is 22.2. The van der Waals surface area contributed by atoms with Crippen molar-refractivity contribution in [3.8, 4) is 0 Å². The quantitative estimate of drug-likeness (QED) is 0.748. The number of ketones is 1. The van der Waals surface area contributed by atoms with E-state index in [1.54, 1.807) is 48.5 Å². The number of anilines is 1. The number of nitrogens with two attached hydrogens (primary N) is 1. The van der Waals surface area contributed by atoms with Crippen LogP contribution in [0.1, 0.15) is 28.8 Å². The largest absolute Gasteiger partial charge is 0.326 e. The molecular weight excluding hydrogens is 328 g/mol. The molecule has 24 heavy (non-hydrogen) atoms. The van der Waals surface area contributed by atoms with Gasteiger partial charge in [-0.05, 0) is 17.7 Å². The molecule has 0 unspecified atom stereocenters. The van der Waals surface area contributed by atoms with Crippen molar-refractivity contribution in [1.29, 1.82) is 0 Å². The van der Waals surface area contributed by atoms with Crippen LogP contribution in [0.15, 0.2) is 54.6 Å². The summed E-state index contributed by atoms with van der Waals surface area (Å²) in [6, 6.07) is 15.2. The third-order valence-electron chi connectivity index (χ3n) is 3.25. The number of rotatable bonds is 7. The normalized spacial score (nSPS) is 11.0. The van der Waals surface area contributed by atoms with Crippen LogP contribution in [0.25, 0.3) is 0 Å². The molecule has 2 aromatic rings. The maximum Gasteiger partial charge on any atom is 0.224 e. The number of hydrogen-bond acceptors (Lipinski definition) is 4. The van der Waals surface area contributed by atoms with Gasteiger partial charge in [0.2, 0.25) is 15.9 Å². The predicted molar refractivity (Wildman–Crippen MR) is 91.9 cm³/mol. The van der Waals surface area contributed by atoms with Gasteiger partial charge in [0.1, 0.15) is 0 Å². The van der Waals surface area contributed by atoms with E-state index in [1.165, 1.54) is 0 Å². The molecule has 0 spiro atoms. The zero-order chi connectivity index (χ0) is 17.6. The Hall–Kier alpha value is -2.51. The number of Topliss-reactive ketones (excluding diaryl/α,β-unsaturated/α-hetero) is 1. The Labute approximate surface area is 140 Å². The maximum absolute atomic E-state index is 12.0. The van der Waals surface area contributed by atoms with E-state index >= 15 is 0 Å². The molecule has 0 heterocycles. The number of carbonyl (C=O) groups excluding carboxylic acids is 2. The Kier molecular flexibility index (Phi) is 5.83. The van der Waals surface area contributed by atoms with Crippen LogP contribution < -0.4 is 10.5 Å². The van der Waals surface area contributed by atoms with E-state index in [0.29, 0.717) is 16.8 Å². The second kappa shape index (κ2) is 7.85. The van der Waals surface area contributed by atoms with Crippen LogP contribution in [0, 0.1) is 0 Å². The molecule has 0 saturated heterocycles. The minimum Gasteiger partial charge on any atom is -0.326 e. The average molecular weight is 346 g/mol. The summed E-state index contributed by atoms with van der Waals surface area (Å²) in [6.45, 7) is 0. The molecule has 0 radical (unpaired) electrons. The Morgan fingerprint density at radius 3 is 2.33 bits per heavy atom. The van der Waals surface area contributed by atoms with Crippen LogP contribution in [0.2, 0.25) is 0 Å². The summed E-state index contributed by atoms with van der Waals surface area (Å²) >= 11 is 0. The van der Waals surface area contributed by atoms with Crippen LogP contribution in [-0.2, 0) is 20.6 Å². The third-order valence-corrected chi connectivity index (χ3v) is 3.99. The fourth-order valence-electron chi connectivity index (χ4n) is 2.19. The number of hydrogen-bond donors (Lipinski definition) is 2. The van der Waals surface area contributed by atoms with E-state index in [9.17, 15) is 18.0 Å². The molecule has 0 aliphatic heterocycles. The average Bonchev–Trinajstić information content (AvgIpc) is 2.52. The Morgan fingerprint density at radius 1 is 0.958 bits per heavy atom. The zero-order valence-corrected chi connectivity index (χ0v) is 13.8. The Morgan fingerprint density at radius 2 is 1.67 bits per heavy atom. The van der Waals surface area contributed by atoms with Crippen molar-refractivity contribution in [3.63, 3.8) is 0 Å². The summed E-state index contributed by atoms with van der Waals surface area (Å²) in [5.41, 5.74) is 1.52. The third kappa shape index (κ3) is 5.94. The van der Waals surface area contributed by atoms with Gasteiger partial charge >= 0.3 is 0 Å². The van der Waals surface area contributed by atoms with Gasteiger partial charge < -0.3 is 5.32 Å². The number of sulfonamides is 1. The van der Waals surface area contributed by atoms with Crippen LogP contribution in [0.4, 0.5) is 5.69 Å².